The summed E-state index contributed by atoms with van der Waals surface area (Å²) >= 11 is 1.48. The van der Waals surface area contributed by atoms with Gasteiger partial charge in [0.15, 0.2) is 5.01 Å². The molecule has 3 rings (SSSR count). The second kappa shape index (κ2) is 5.52. The van der Waals surface area contributed by atoms with E-state index in [1.807, 2.05) is 0 Å². The first-order chi connectivity index (χ1) is 11.1. The predicted molar refractivity (Wildman–Crippen MR) is 94.2 cm³/mol. The number of fused-ring (bicyclic) bond motifs is 1. The normalized spacial score (nSPS) is 18.0. The van der Waals surface area contributed by atoms with Crippen LogP contribution in [0, 0.1) is 0 Å². The monoisotopic (exact) mass is 343 g/mol. The van der Waals surface area contributed by atoms with Gasteiger partial charge in [-0.2, -0.15) is 0 Å². The summed E-state index contributed by atoms with van der Waals surface area (Å²) in [4.78, 5) is 29.6. The van der Waals surface area contributed by atoms with Crippen molar-refractivity contribution < 1.29 is 14.7 Å². The minimum atomic E-state index is -0.998. The quantitative estimate of drug-likeness (QED) is 0.838. The molecule has 5 heteroatoms. The van der Waals surface area contributed by atoms with Gasteiger partial charge in [-0.3, -0.25) is 4.79 Å². The lowest BCUT2D eigenvalue weighted by molar-refractivity contribution is 0.0696. The molecule has 0 radical (unpaired) electrons. The van der Waals surface area contributed by atoms with Crippen molar-refractivity contribution >= 4 is 23.1 Å². The van der Waals surface area contributed by atoms with E-state index >= 15 is 0 Å². The number of carboxylic acid groups (broad SMARTS) is 1. The van der Waals surface area contributed by atoms with E-state index < -0.39 is 5.97 Å². The molecule has 0 saturated heterocycles. The van der Waals surface area contributed by atoms with Crippen molar-refractivity contribution in [3.8, 4) is 0 Å². The Morgan fingerprint density at radius 2 is 1.54 bits per heavy atom. The summed E-state index contributed by atoms with van der Waals surface area (Å²) in [6, 6.07) is 6.03. The molecule has 0 atom stereocenters. The molecule has 0 amide bonds. The molecule has 24 heavy (non-hydrogen) atoms. The summed E-state index contributed by atoms with van der Waals surface area (Å²) in [5.41, 5.74) is 1.70. The van der Waals surface area contributed by atoms with Gasteiger partial charge in [0.1, 0.15) is 0 Å². The highest BCUT2D eigenvalue weighted by Crippen LogP contribution is 2.48. The number of carboxylic acids is 1. The first-order valence-electron chi connectivity index (χ1n) is 8.02. The highest BCUT2D eigenvalue weighted by atomic mass is 32.1. The number of thiazole rings is 1. The van der Waals surface area contributed by atoms with Crippen LogP contribution in [0.5, 0.6) is 0 Å². The van der Waals surface area contributed by atoms with E-state index in [0.717, 1.165) is 18.5 Å². The van der Waals surface area contributed by atoms with Crippen LogP contribution in [0.1, 0.15) is 76.8 Å². The number of carbonyl (C=O) groups is 2. The van der Waals surface area contributed by atoms with Crippen molar-refractivity contribution in [1.82, 2.24) is 4.98 Å². The number of benzene rings is 1. The van der Waals surface area contributed by atoms with Crippen LogP contribution in [0.15, 0.2) is 24.3 Å². The van der Waals surface area contributed by atoms with Crippen LogP contribution in [0.4, 0.5) is 0 Å². The molecular formula is C19H21NO3S. The average molecular weight is 343 g/mol. The highest BCUT2D eigenvalue weighted by molar-refractivity contribution is 7.14. The molecule has 4 nitrogen and oxygen atoms in total. The molecule has 1 N–H and O–H groups in total. The zero-order valence-corrected chi connectivity index (χ0v) is 15.2. The fraction of sp³-hybridized carbons (Fsp3) is 0.421. The maximum atomic E-state index is 12.8. The van der Waals surface area contributed by atoms with Crippen molar-refractivity contribution in [1.29, 1.82) is 0 Å². The Hall–Kier alpha value is -2.01. The lowest BCUT2D eigenvalue weighted by Crippen LogP contribution is -2.32. The molecule has 1 aromatic carbocycles. The van der Waals surface area contributed by atoms with Crippen LogP contribution in [0.25, 0.3) is 0 Å². The van der Waals surface area contributed by atoms with Gasteiger partial charge in [-0.05, 0) is 25.0 Å². The SMILES string of the molecule is CC1(C)CCC(C)(C)c2sc(C(=O)c3ccc(C(=O)O)cc3)nc21. The van der Waals surface area contributed by atoms with Gasteiger partial charge in [0, 0.05) is 21.3 Å². The van der Waals surface area contributed by atoms with Crippen LogP contribution in [-0.4, -0.2) is 21.8 Å². The summed E-state index contributed by atoms with van der Waals surface area (Å²) in [6.45, 7) is 8.76. The van der Waals surface area contributed by atoms with Gasteiger partial charge in [-0.25, -0.2) is 9.78 Å². The lowest BCUT2D eigenvalue weighted by Gasteiger charge is -2.37. The zero-order valence-electron chi connectivity index (χ0n) is 14.3. The highest BCUT2D eigenvalue weighted by Gasteiger charge is 2.41. The van der Waals surface area contributed by atoms with E-state index in [0.29, 0.717) is 10.6 Å². The zero-order chi connectivity index (χ0) is 17.7. The van der Waals surface area contributed by atoms with E-state index in [9.17, 15) is 9.59 Å². The molecule has 0 saturated carbocycles. The summed E-state index contributed by atoms with van der Waals surface area (Å²) in [7, 11) is 0. The summed E-state index contributed by atoms with van der Waals surface area (Å²) in [6.07, 6.45) is 2.13. The molecule has 0 fully saturated rings. The maximum Gasteiger partial charge on any atom is 0.335 e. The predicted octanol–water partition coefficient (Wildman–Crippen LogP) is 4.42. The van der Waals surface area contributed by atoms with Crippen LogP contribution >= 0.6 is 11.3 Å². The van der Waals surface area contributed by atoms with Gasteiger partial charge in [0.2, 0.25) is 5.78 Å². The lowest BCUT2D eigenvalue weighted by atomic mass is 9.69. The Morgan fingerprint density at radius 1 is 1.00 bits per heavy atom. The topological polar surface area (TPSA) is 67.3 Å². The van der Waals surface area contributed by atoms with Crippen LogP contribution in [0.2, 0.25) is 0 Å². The Balaban J connectivity index is 2.00. The van der Waals surface area contributed by atoms with Gasteiger partial charge in [0.05, 0.1) is 11.3 Å². The van der Waals surface area contributed by atoms with Gasteiger partial charge < -0.3 is 5.11 Å². The largest absolute Gasteiger partial charge is 0.478 e. The Morgan fingerprint density at radius 3 is 2.08 bits per heavy atom. The van der Waals surface area contributed by atoms with Crippen LogP contribution in [-0.2, 0) is 10.8 Å². The standard InChI is InChI=1S/C19H21NO3S/c1-18(2)9-10-19(3,4)15-14(18)20-16(24-15)13(21)11-5-7-12(8-6-11)17(22)23/h5-8H,9-10H2,1-4H3,(H,22,23). The fourth-order valence-corrected chi connectivity index (χ4v) is 4.42. The third kappa shape index (κ3) is 2.77. The van der Waals surface area contributed by atoms with Crippen molar-refractivity contribution in [3.05, 3.63) is 51.0 Å². The van der Waals surface area contributed by atoms with E-state index in [-0.39, 0.29) is 22.2 Å². The molecule has 1 aliphatic carbocycles. The minimum absolute atomic E-state index is 0.0208. The smallest absolute Gasteiger partial charge is 0.335 e. The number of aromatic nitrogens is 1. The summed E-state index contributed by atoms with van der Waals surface area (Å²) < 4.78 is 0. The molecule has 0 aliphatic heterocycles. The summed E-state index contributed by atoms with van der Waals surface area (Å²) in [5, 5.41) is 9.45. The van der Waals surface area contributed by atoms with E-state index in [1.165, 1.54) is 28.3 Å². The number of hydrogen-bond donors (Lipinski definition) is 1. The van der Waals surface area contributed by atoms with Crippen molar-refractivity contribution in [2.24, 2.45) is 0 Å². The van der Waals surface area contributed by atoms with E-state index in [4.69, 9.17) is 5.11 Å². The second-order valence-corrected chi connectivity index (χ2v) is 8.68. The third-order valence-electron chi connectivity index (χ3n) is 4.85. The number of hydrogen-bond acceptors (Lipinski definition) is 4. The van der Waals surface area contributed by atoms with Gasteiger partial charge in [-0.1, -0.05) is 39.8 Å². The molecule has 1 heterocycles. The number of carbonyl (C=O) groups excluding carboxylic acids is 1. The van der Waals surface area contributed by atoms with E-state index in [1.54, 1.807) is 12.1 Å². The molecule has 0 spiro atoms. The number of rotatable bonds is 3. The maximum absolute atomic E-state index is 12.8. The first-order valence-corrected chi connectivity index (χ1v) is 8.83. The molecule has 0 bridgehead atoms. The molecule has 126 valence electrons. The second-order valence-electron chi connectivity index (χ2n) is 7.68. The third-order valence-corrected chi connectivity index (χ3v) is 6.27. The van der Waals surface area contributed by atoms with Crippen molar-refractivity contribution in [2.75, 3.05) is 0 Å². The molecule has 1 aromatic heterocycles. The average Bonchev–Trinajstić information content (AvgIpc) is 2.99. The fourth-order valence-electron chi connectivity index (χ4n) is 3.08. The van der Waals surface area contributed by atoms with E-state index in [2.05, 4.69) is 32.7 Å². The molecule has 2 aromatic rings. The van der Waals surface area contributed by atoms with Crippen molar-refractivity contribution in [3.63, 3.8) is 0 Å². The van der Waals surface area contributed by atoms with Crippen LogP contribution < -0.4 is 0 Å². The Bertz CT molecular complexity index is 782. The minimum Gasteiger partial charge on any atom is -0.478 e. The number of aromatic carboxylic acids is 1. The number of nitrogens with zero attached hydrogens (tertiary/aromatic N) is 1. The van der Waals surface area contributed by atoms with Crippen LogP contribution in [0.3, 0.4) is 0 Å². The summed E-state index contributed by atoms with van der Waals surface area (Å²) in [5.74, 6) is -1.14. The van der Waals surface area contributed by atoms with Gasteiger partial charge >= 0.3 is 5.97 Å². The van der Waals surface area contributed by atoms with Gasteiger partial charge in [-0.15, -0.1) is 11.3 Å². The first kappa shape index (κ1) is 16.8. The van der Waals surface area contributed by atoms with Crippen molar-refractivity contribution in [2.45, 2.75) is 51.4 Å². The Labute approximate surface area is 145 Å². The molecule has 1 aliphatic rings. The molecule has 0 unspecified atom stereocenters. The number of ketones is 1. The molecular weight excluding hydrogens is 322 g/mol. The van der Waals surface area contributed by atoms with Gasteiger partial charge in [0.25, 0.3) is 0 Å². The Kier molecular flexibility index (Phi) is 3.87.